The number of hydrogen-bond acceptors (Lipinski definition) is 9. The third kappa shape index (κ3) is 6.37. The molecule has 0 fully saturated rings. The number of ether oxygens (including phenoxy) is 4. The number of methoxy groups -OCH3 is 2. The normalized spacial score (nSPS) is 11.5. The topological polar surface area (TPSA) is 117 Å². The number of carbonyl (C=O) groups is 1. The number of carbonyl (C=O) groups excluding carboxylic acids is 1. The van der Waals surface area contributed by atoms with Gasteiger partial charge in [0.25, 0.3) is 10.0 Å². The van der Waals surface area contributed by atoms with Crippen molar-refractivity contribution in [3.63, 3.8) is 0 Å². The zero-order chi connectivity index (χ0) is 27.0. The number of hydrogen-bond donors (Lipinski definition) is 0. The predicted molar refractivity (Wildman–Crippen MR) is 137 cm³/mol. The lowest BCUT2D eigenvalue weighted by molar-refractivity contribution is 0.0600. The van der Waals surface area contributed by atoms with Crippen LogP contribution in [0.1, 0.15) is 34.2 Å². The quantitative estimate of drug-likeness (QED) is 0.182. The summed E-state index contributed by atoms with van der Waals surface area (Å²) in [7, 11) is -1.35. The first-order chi connectivity index (χ1) is 17.8. The van der Waals surface area contributed by atoms with E-state index >= 15 is 0 Å². The van der Waals surface area contributed by atoms with E-state index in [0.717, 1.165) is 4.31 Å². The molecule has 3 aromatic rings. The van der Waals surface area contributed by atoms with Crippen LogP contribution in [0.15, 0.2) is 51.9 Å². The Morgan fingerprint density at radius 3 is 2.43 bits per heavy atom. The average molecular weight is 533 g/mol. The molecular weight excluding hydrogens is 500 g/mol. The summed E-state index contributed by atoms with van der Waals surface area (Å²) in [6, 6.07) is 11.6. The minimum atomic E-state index is -4.19. The summed E-state index contributed by atoms with van der Waals surface area (Å²) in [5.41, 5.74) is 2.60. The molecule has 0 atom stereocenters. The highest BCUT2D eigenvalue weighted by atomic mass is 32.2. The predicted octanol–water partition coefficient (Wildman–Crippen LogP) is 4.10. The second-order valence-corrected chi connectivity index (χ2v) is 9.90. The first-order valence-corrected chi connectivity index (χ1v) is 13.1. The van der Waals surface area contributed by atoms with Crippen LogP contribution in [-0.4, -0.2) is 60.3 Å². The maximum atomic E-state index is 14.1. The SMILES string of the molecule is CCOCc1cc(C(=O)OC)ccc1-c1ccccc1S(=O)(=O)N(COCCOC)c1noc(C)c1C. The van der Waals surface area contributed by atoms with Gasteiger partial charge in [0.05, 0.1) is 37.4 Å². The van der Waals surface area contributed by atoms with E-state index in [1.54, 1.807) is 50.2 Å². The number of sulfonamides is 1. The fourth-order valence-corrected chi connectivity index (χ4v) is 5.19. The van der Waals surface area contributed by atoms with Crippen molar-refractivity contribution in [3.05, 3.63) is 64.9 Å². The molecule has 0 spiro atoms. The van der Waals surface area contributed by atoms with Gasteiger partial charge in [-0.25, -0.2) is 17.5 Å². The zero-order valence-electron chi connectivity index (χ0n) is 21.6. The second-order valence-electron chi connectivity index (χ2n) is 8.07. The van der Waals surface area contributed by atoms with Gasteiger partial charge < -0.3 is 23.5 Å². The van der Waals surface area contributed by atoms with Crippen molar-refractivity contribution in [3.8, 4) is 11.1 Å². The number of nitrogens with zero attached hydrogens (tertiary/aromatic N) is 2. The van der Waals surface area contributed by atoms with Crippen molar-refractivity contribution in [2.75, 3.05) is 45.1 Å². The van der Waals surface area contributed by atoms with Crippen LogP contribution in [0.25, 0.3) is 11.1 Å². The highest BCUT2D eigenvalue weighted by Crippen LogP contribution is 2.35. The number of anilines is 1. The standard InChI is InChI=1S/C26H32N2O8S/c1-6-34-16-21-15-20(26(29)33-5)11-12-22(21)23-9-7-8-10-24(23)37(30,31)28(17-35-14-13-32-4)25-18(2)19(3)36-27-25/h7-12,15H,6,13-14,16-17H2,1-5H3. The Labute approximate surface area is 217 Å². The second kappa shape index (κ2) is 12.8. The first kappa shape index (κ1) is 28.3. The molecule has 37 heavy (non-hydrogen) atoms. The molecule has 0 unspecified atom stereocenters. The van der Waals surface area contributed by atoms with Gasteiger partial charge in [-0.15, -0.1) is 0 Å². The van der Waals surface area contributed by atoms with Gasteiger partial charge in [-0.05, 0) is 50.1 Å². The minimum Gasteiger partial charge on any atom is -0.465 e. The summed E-state index contributed by atoms with van der Waals surface area (Å²) >= 11 is 0. The largest absolute Gasteiger partial charge is 0.465 e. The van der Waals surface area contributed by atoms with Crippen molar-refractivity contribution < 1.29 is 36.7 Å². The molecule has 3 rings (SSSR count). The third-order valence-electron chi connectivity index (χ3n) is 5.74. The Bertz CT molecular complexity index is 1320. The Morgan fingerprint density at radius 1 is 1.03 bits per heavy atom. The molecule has 0 N–H and O–H groups in total. The van der Waals surface area contributed by atoms with Crippen molar-refractivity contribution in [1.82, 2.24) is 5.16 Å². The lowest BCUT2D eigenvalue weighted by atomic mass is 9.97. The molecule has 10 nitrogen and oxygen atoms in total. The highest BCUT2D eigenvalue weighted by molar-refractivity contribution is 7.93. The lowest BCUT2D eigenvalue weighted by Gasteiger charge is -2.24. The highest BCUT2D eigenvalue weighted by Gasteiger charge is 2.32. The Balaban J connectivity index is 2.14. The summed E-state index contributed by atoms with van der Waals surface area (Å²) < 4.78 is 55.7. The Morgan fingerprint density at radius 2 is 1.78 bits per heavy atom. The van der Waals surface area contributed by atoms with Crippen LogP contribution in [0.4, 0.5) is 5.82 Å². The van der Waals surface area contributed by atoms with Crippen molar-refractivity contribution in [2.45, 2.75) is 32.3 Å². The maximum Gasteiger partial charge on any atom is 0.337 e. The Hall–Kier alpha value is -3.25. The van der Waals surface area contributed by atoms with E-state index in [-0.39, 0.29) is 30.7 Å². The van der Waals surface area contributed by atoms with E-state index in [1.807, 2.05) is 6.92 Å². The smallest absolute Gasteiger partial charge is 0.337 e. The van der Waals surface area contributed by atoms with E-state index in [2.05, 4.69) is 5.16 Å². The molecule has 0 amide bonds. The Kier molecular flexibility index (Phi) is 9.81. The summed E-state index contributed by atoms with van der Waals surface area (Å²) in [5, 5.41) is 4.00. The van der Waals surface area contributed by atoms with Gasteiger partial charge in [-0.1, -0.05) is 29.4 Å². The molecule has 2 aromatic carbocycles. The van der Waals surface area contributed by atoms with Gasteiger partial charge in [0.2, 0.25) is 0 Å². The fraction of sp³-hybridized carbons (Fsp3) is 0.385. The summed E-state index contributed by atoms with van der Waals surface area (Å²) in [6.07, 6.45) is 0. The maximum absolute atomic E-state index is 14.1. The van der Waals surface area contributed by atoms with E-state index in [9.17, 15) is 13.2 Å². The van der Waals surface area contributed by atoms with Gasteiger partial charge in [0.1, 0.15) is 12.5 Å². The number of aryl methyl sites for hydroxylation is 1. The first-order valence-electron chi connectivity index (χ1n) is 11.7. The molecule has 0 aliphatic carbocycles. The van der Waals surface area contributed by atoms with Gasteiger partial charge >= 0.3 is 5.97 Å². The molecule has 0 aliphatic heterocycles. The van der Waals surface area contributed by atoms with E-state index in [1.165, 1.54) is 20.3 Å². The van der Waals surface area contributed by atoms with Crippen LogP contribution >= 0.6 is 0 Å². The summed E-state index contributed by atoms with van der Waals surface area (Å²) in [6.45, 7) is 6.11. The molecule has 1 aromatic heterocycles. The van der Waals surface area contributed by atoms with E-state index in [4.69, 9.17) is 23.5 Å². The lowest BCUT2D eigenvalue weighted by Crippen LogP contribution is -2.35. The summed E-state index contributed by atoms with van der Waals surface area (Å²) in [4.78, 5) is 12.2. The minimum absolute atomic E-state index is 0.0361. The average Bonchev–Trinajstić information content (AvgIpc) is 3.24. The van der Waals surface area contributed by atoms with Crippen LogP contribution in [0, 0.1) is 13.8 Å². The van der Waals surface area contributed by atoms with Crippen LogP contribution in [0.2, 0.25) is 0 Å². The van der Waals surface area contributed by atoms with Gasteiger partial charge in [-0.3, -0.25) is 0 Å². The molecule has 0 saturated carbocycles. The van der Waals surface area contributed by atoms with Crippen molar-refractivity contribution in [1.29, 1.82) is 0 Å². The van der Waals surface area contributed by atoms with Gasteiger partial charge in [-0.2, -0.15) is 0 Å². The third-order valence-corrected chi connectivity index (χ3v) is 7.51. The van der Waals surface area contributed by atoms with Gasteiger partial charge in [0, 0.05) is 24.8 Å². The van der Waals surface area contributed by atoms with Crippen LogP contribution in [-0.2, 0) is 35.6 Å². The molecule has 1 heterocycles. The van der Waals surface area contributed by atoms with Gasteiger partial charge in [0.15, 0.2) is 5.82 Å². The fourth-order valence-electron chi connectivity index (χ4n) is 3.64. The number of esters is 1. The molecule has 200 valence electrons. The van der Waals surface area contributed by atoms with Crippen LogP contribution in [0.5, 0.6) is 0 Å². The number of aromatic nitrogens is 1. The van der Waals surface area contributed by atoms with Crippen molar-refractivity contribution >= 4 is 21.8 Å². The molecule has 0 saturated heterocycles. The molecule has 0 bridgehead atoms. The molecule has 0 aliphatic rings. The monoisotopic (exact) mass is 532 g/mol. The zero-order valence-corrected chi connectivity index (χ0v) is 22.5. The summed E-state index contributed by atoms with van der Waals surface area (Å²) in [5.74, 6) is 0.138. The molecule has 11 heteroatoms. The van der Waals surface area contributed by atoms with E-state index < -0.39 is 16.0 Å². The number of rotatable bonds is 13. The van der Waals surface area contributed by atoms with E-state index in [0.29, 0.717) is 46.8 Å². The van der Waals surface area contributed by atoms with Crippen molar-refractivity contribution in [2.24, 2.45) is 0 Å². The molecule has 0 radical (unpaired) electrons. The van der Waals surface area contributed by atoms with Crippen LogP contribution in [0.3, 0.4) is 0 Å². The van der Waals surface area contributed by atoms with Crippen LogP contribution < -0.4 is 4.31 Å². The molecular formula is C26H32N2O8S. The number of benzene rings is 2.